The van der Waals surface area contributed by atoms with Crippen LogP contribution in [0, 0.1) is 6.92 Å². The monoisotopic (exact) mass is 466 g/mol. The van der Waals surface area contributed by atoms with Crippen molar-refractivity contribution in [3.63, 3.8) is 0 Å². The van der Waals surface area contributed by atoms with Gasteiger partial charge < -0.3 is 15.0 Å². The van der Waals surface area contributed by atoms with Gasteiger partial charge in [0.25, 0.3) is 5.91 Å². The van der Waals surface area contributed by atoms with Gasteiger partial charge in [-0.05, 0) is 31.5 Å². The molecule has 0 radical (unpaired) electrons. The van der Waals surface area contributed by atoms with E-state index >= 15 is 0 Å². The number of anilines is 1. The molecule has 0 bridgehead atoms. The van der Waals surface area contributed by atoms with Gasteiger partial charge in [0.05, 0.1) is 23.4 Å². The van der Waals surface area contributed by atoms with Crippen LogP contribution in [-0.2, 0) is 17.9 Å². The predicted octanol–water partition coefficient (Wildman–Crippen LogP) is 4.25. The van der Waals surface area contributed by atoms with Gasteiger partial charge in [0, 0.05) is 52.1 Å². The number of pyridine rings is 2. The van der Waals surface area contributed by atoms with Crippen LogP contribution < -0.4 is 5.32 Å². The molecule has 4 heterocycles. The highest BCUT2D eigenvalue weighted by Crippen LogP contribution is 2.31. The average Bonchev–Trinajstić information content (AvgIpc) is 3.16. The number of nitrogens with zero attached hydrogens (tertiary/aromatic N) is 5. The number of carbonyl (C=O) groups excluding carboxylic acids is 1. The fourth-order valence-electron chi connectivity index (χ4n) is 4.36. The van der Waals surface area contributed by atoms with Crippen molar-refractivity contribution < 1.29 is 9.53 Å². The Labute approximate surface area is 196 Å². The van der Waals surface area contributed by atoms with E-state index in [0.29, 0.717) is 24.6 Å². The fraction of sp³-hybridized carbons (Fsp3) is 0.500. The smallest absolute Gasteiger partial charge is 0.290 e. The molecule has 1 aliphatic heterocycles. The highest BCUT2D eigenvalue weighted by molar-refractivity contribution is 6.76. The van der Waals surface area contributed by atoms with Gasteiger partial charge in [0.2, 0.25) is 5.82 Å². The first-order chi connectivity index (χ1) is 15.7. The molecular formula is C24H34N6O2Si. The molecule has 0 unspecified atom stereocenters. The van der Waals surface area contributed by atoms with Crippen molar-refractivity contribution in [2.24, 2.45) is 0 Å². The first-order valence-electron chi connectivity index (χ1n) is 11.6. The SMILES string of the molecule is CNc1cnc2nc(C(=O)N3CCc4ncccc4[C@H]3C)n(COCC[Si](C)(C)C)c2c1C. The molecule has 1 amide bonds. The molecule has 33 heavy (non-hydrogen) atoms. The number of hydrogen-bond acceptors (Lipinski definition) is 6. The molecule has 3 aromatic heterocycles. The third kappa shape index (κ3) is 4.65. The van der Waals surface area contributed by atoms with E-state index in [9.17, 15) is 4.79 Å². The average molecular weight is 467 g/mol. The molecule has 4 rings (SSSR count). The van der Waals surface area contributed by atoms with Crippen molar-refractivity contribution in [3.05, 3.63) is 47.2 Å². The Morgan fingerprint density at radius 1 is 1.30 bits per heavy atom. The Bertz CT molecular complexity index is 1170. The summed E-state index contributed by atoms with van der Waals surface area (Å²) >= 11 is 0. The van der Waals surface area contributed by atoms with Crippen molar-refractivity contribution in [1.29, 1.82) is 0 Å². The number of carbonyl (C=O) groups is 1. The van der Waals surface area contributed by atoms with Crippen LogP contribution in [0.5, 0.6) is 0 Å². The van der Waals surface area contributed by atoms with Crippen molar-refractivity contribution in [2.75, 3.05) is 25.5 Å². The normalized spacial score (nSPS) is 16.2. The minimum absolute atomic E-state index is 0.0713. The molecule has 9 heteroatoms. The second-order valence-corrected chi connectivity index (χ2v) is 15.5. The van der Waals surface area contributed by atoms with E-state index in [4.69, 9.17) is 4.74 Å². The Hall–Kier alpha value is -2.78. The topological polar surface area (TPSA) is 85.2 Å². The van der Waals surface area contributed by atoms with Crippen molar-refractivity contribution in [1.82, 2.24) is 24.4 Å². The van der Waals surface area contributed by atoms with Crippen molar-refractivity contribution in [2.45, 2.75) is 58.7 Å². The Morgan fingerprint density at radius 2 is 2.09 bits per heavy atom. The molecule has 1 N–H and O–H groups in total. The van der Waals surface area contributed by atoms with Gasteiger partial charge in [0.15, 0.2) is 5.65 Å². The van der Waals surface area contributed by atoms with E-state index in [2.05, 4.69) is 52.9 Å². The van der Waals surface area contributed by atoms with E-state index < -0.39 is 8.07 Å². The molecule has 0 fully saturated rings. The van der Waals surface area contributed by atoms with Crippen LogP contribution in [0.2, 0.25) is 25.7 Å². The summed E-state index contributed by atoms with van der Waals surface area (Å²) in [4.78, 5) is 29.4. The van der Waals surface area contributed by atoms with Crippen LogP contribution >= 0.6 is 0 Å². The number of nitrogens with one attached hydrogen (secondary N) is 1. The number of rotatable bonds is 7. The van der Waals surface area contributed by atoms with Gasteiger partial charge in [-0.2, -0.15) is 0 Å². The second-order valence-electron chi connectivity index (χ2n) is 9.89. The molecule has 0 saturated heterocycles. The standard InChI is InChI=1S/C24H34N6O2Si/c1-16-20(25-3)14-27-22-21(16)30(15-32-12-13-33(4,5)6)23(28-22)24(31)29-11-9-19-18(17(29)2)8-7-10-26-19/h7-8,10,14,17,25H,9,11-13,15H2,1-6H3/t17-/m1/s1. The summed E-state index contributed by atoms with van der Waals surface area (Å²) in [7, 11) is 0.652. The molecule has 0 saturated carbocycles. The zero-order valence-electron chi connectivity index (χ0n) is 20.5. The highest BCUT2D eigenvalue weighted by Gasteiger charge is 2.32. The first kappa shape index (κ1) is 23.4. The summed E-state index contributed by atoms with van der Waals surface area (Å²) in [6, 6.07) is 4.98. The lowest BCUT2D eigenvalue weighted by atomic mass is 9.98. The minimum atomic E-state index is -1.22. The fourth-order valence-corrected chi connectivity index (χ4v) is 5.12. The molecular weight excluding hydrogens is 432 g/mol. The second kappa shape index (κ2) is 9.22. The van der Waals surface area contributed by atoms with Gasteiger partial charge in [0.1, 0.15) is 6.73 Å². The summed E-state index contributed by atoms with van der Waals surface area (Å²) < 4.78 is 7.98. The molecule has 0 aromatic carbocycles. The molecule has 1 atom stereocenters. The van der Waals surface area contributed by atoms with Crippen LogP contribution in [0.15, 0.2) is 24.5 Å². The maximum Gasteiger partial charge on any atom is 0.290 e. The summed E-state index contributed by atoms with van der Waals surface area (Å²) in [6.45, 7) is 12.6. The van der Waals surface area contributed by atoms with Crippen molar-refractivity contribution >= 4 is 30.8 Å². The molecule has 1 aliphatic rings. The lowest BCUT2D eigenvalue weighted by molar-refractivity contribution is 0.0606. The molecule has 8 nitrogen and oxygen atoms in total. The number of imidazole rings is 1. The van der Waals surface area contributed by atoms with Crippen LogP contribution in [0.3, 0.4) is 0 Å². The van der Waals surface area contributed by atoms with Crippen LogP contribution in [-0.4, -0.2) is 58.6 Å². The lowest BCUT2D eigenvalue weighted by Gasteiger charge is -2.34. The van der Waals surface area contributed by atoms with Gasteiger partial charge >= 0.3 is 0 Å². The van der Waals surface area contributed by atoms with Gasteiger partial charge in [-0.1, -0.05) is 25.7 Å². The number of aryl methyl sites for hydroxylation is 1. The van der Waals surface area contributed by atoms with Crippen LogP contribution in [0.1, 0.15) is 40.4 Å². The molecule has 0 aliphatic carbocycles. The number of amides is 1. The van der Waals surface area contributed by atoms with E-state index in [1.54, 1.807) is 6.20 Å². The third-order valence-corrected chi connectivity index (χ3v) is 8.10. The lowest BCUT2D eigenvalue weighted by Crippen LogP contribution is -2.40. The number of hydrogen-bond donors (Lipinski definition) is 1. The number of aromatic nitrogens is 4. The summed E-state index contributed by atoms with van der Waals surface area (Å²) in [6.07, 6.45) is 4.31. The summed E-state index contributed by atoms with van der Waals surface area (Å²) in [5.74, 6) is 0.273. The van der Waals surface area contributed by atoms with E-state index in [1.807, 2.05) is 35.7 Å². The molecule has 0 spiro atoms. The van der Waals surface area contributed by atoms with E-state index in [1.165, 1.54) is 0 Å². The summed E-state index contributed by atoms with van der Waals surface area (Å²) in [5.41, 5.74) is 5.48. The van der Waals surface area contributed by atoms with Crippen molar-refractivity contribution in [3.8, 4) is 0 Å². The quantitative estimate of drug-likeness (QED) is 0.414. The van der Waals surface area contributed by atoms with E-state index in [-0.39, 0.29) is 18.7 Å². The highest BCUT2D eigenvalue weighted by atomic mass is 28.3. The van der Waals surface area contributed by atoms with Gasteiger partial charge in [-0.3, -0.25) is 14.3 Å². The molecule has 176 valence electrons. The first-order valence-corrected chi connectivity index (χ1v) is 15.3. The Balaban J connectivity index is 1.70. The van der Waals surface area contributed by atoms with Gasteiger partial charge in [-0.15, -0.1) is 0 Å². The zero-order valence-corrected chi connectivity index (χ0v) is 21.5. The van der Waals surface area contributed by atoms with Crippen LogP contribution in [0.4, 0.5) is 5.69 Å². The van der Waals surface area contributed by atoms with Gasteiger partial charge in [-0.25, -0.2) is 9.97 Å². The minimum Gasteiger partial charge on any atom is -0.387 e. The Morgan fingerprint density at radius 3 is 2.82 bits per heavy atom. The number of ether oxygens (including phenoxy) is 1. The van der Waals surface area contributed by atoms with E-state index in [0.717, 1.165) is 40.5 Å². The Kier molecular flexibility index (Phi) is 6.53. The largest absolute Gasteiger partial charge is 0.387 e. The number of fused-ring (bicyclic) bond motifs is 2. The summed E-state index contributed by atoms with van der Waals surface area (Å²) in [5, 5.41) is 3.18. The zero-order chi connectivity index (χ0) is 23.8. The third-order valence-electron chi connectivity index (χ3n) is 6.40. The maximum absolute atomic E-state index is 13.8. The molecule has 3 aromatic rings. The predicted molar refractivity (Wildman–Crippen MR) is 133 cm³/mol. The maximum atomic E-state index is 13.8. The van der Waals surface area contributed by atoms with Crippen LogP contribution in [0.25, 0.3) is 11.2 Å².